The summed E-state index contributed by atoms with van der Waals surface area (Å²) < 4.78 is 5.51. The van der Waals surface area contributed by atoms with Crippen LogP contribution in [0.25, 0.3) is 16.9 Å². The van der Waals surface area contributed by atoms with Crippen molar-refractivity contribution in [3.05, 3.63) is 63.9 Å². The van der Waals surface area contributed by atoms with E-state index in [1.165, 1.54) is 20.1 Å². The van der Waals surface area contributed by atoms with Gasteiger partial charge in [-0.25, -0.2) is 0 Å². The molecule has 5 rings (SSSR count). The standard InChI is InChI=1S/C29H26O9/c1-12(30)14-4-7-22(38-3)18(9-14)17-5-6-20(32)25-19(17)10-15-8-16-11-21(33)23(13(2)31)27(35)29(16,37)28(36)24(15)26(25)34/h4-7,9,15-16,32,34-35,37H,8,10-11H2,1-3H3/t15-,16+,29-/m1/s1. The van der Waals surface area contributed by atoms with Gasteiger partial charge >= 0.3 is 0 Å². The van der Waals surface area contributed by atoms with Gasteiger partial charge in [0.05, 0.1) is 12.7 Å². The normalized spacial score (nSPS) is 24.5. The van der Waals surface area contributed by atoms with E-state index in [0.29, 0.717) is 28.0 Å². The minimum absolute atomic E-state index is 0.0124. The van der Waals surface area contributed by atoms with Crippen LogP contribution < -0.4 is 4.74 Å². The Hall–Kier alpha value is -4.24. The Bertz CT molecular complexity index is 1530. The smallest absolute Gasteiger partial charge is 0.202 e. The first-order valence-corrected chi connectivity index (χ1v) is 12.1. The van der Waals surface area contributed by atoms with Gasteiger partial charge in [-0.05, 0) is 68.0 Å². The number of Topliss-reactive ketones (excluding diaryl/α,β-unsaturated/α-hetero) is 4. The largest absolute Gasteiger partial charge is 0.508 e. The molecule has 0 unspecified atom stereocenters. The molecule has 0 aliphatic heterocycles. The van der Waals surface area contributed by atoms with E-state index in [1.54, 1.807) is 24.3 Å². The van der Waals surface area contributed by atoms with Crippen LogP contribution in [0.2, 0.25) is 0 Å². The summed E-state index contributed by atoms with van der Waals surface area (Å²) in [6, 6.07) is 7.91. The third-order valence-electron chi connectivity index (χ3n) is 7.95. The molecule has 2 aromatic carbocycles. The number of fused-ring (bicyclic) bond motifs is 3. The van der Waals surface area contributed by atoms with Gasteiger partial charge in [0, 0.05) is 29.0 Å². The summed E-state index contributed by atoms with van der Waals surface area (Å²) in [5.41, 5.74) is -1.31. The number of hydrogen-bond donors (Lipinski definition) is 4. The Morgan fingerprint density at radius 2 is 1.68 bits per heavy atom. The molecule has 2 aromatic rings. The van der Waals surface area contributed by atoms with Gasteiger partial charge in [-0.3, -0.25) is 19.2 Å². The first-order chi connectivity index (χ1) is 17.9. The Labute approximate surface area is 217 Å². The monoisotopic (exact) mass is 518 g/mol. The topological polar surface area (TPSA) is 158 Å². The van der Waals surface area contributed by atoms with Crippen molar-refractivity contribution in [2.45, 2.75) is 38.7 Å². The number of allylic oxidation sites excluding steroid dienone is 1. The highest BCUT2D eigenvalue weighted by Crippen LogP contribution is 2.53. The Balaban J connectivity index is 1.73. The maximum atomic E-state index is 13.7. The number of carbonyl (C=O) groups is 4. The molecule has 0 spiro atoms. The van der Waals surface area contributed by atoms with E-state index in [2.05, 4.69) is 0 Å². The maximum absolute atomic E-state index is 13.7. The van der Waals surface area contributed by atoms with Crippen LogP contribution in [-0.4, -0.2) is 56.3 Å². The second-order valence-electron chi connectivity index (χ2n) is 10.1. The molecule has 3 atom stereocenters. The molecule has 0 aromatic heterocycles. The first kappa shape index (κ1) is 25.4. The molecule has 4 N–H and O–H groups in total. The predicted octanol–water partition coefficient (Wildman–Crippen LogP) is 3.41. The molecular weight excluding hydrogens is 492 g/mol. The van der Waals surface area contributed by atoms with Crippen molar-refractivity contribution in [1.29, 1.82) is 0 Å². The van der Waals surface area contributed by atoms with Gasteiger partial charge in [0.15, 0.2) is 23.0 Å². The molecule has 9 nitrogen and oxygen atoms in total. The number of aromatic hydroxyl groups is 1. The summed E-state index contributed by atoms with van der Waals surface area (Å²) in [4.78, 5) is 50.4. The van der Waals surface area contributed by atoms with Crippen LogP contribution in [0.1, 0.15) is 48.2 Å². The van der Waals surface area contributed by atoms with Gasteiger partial charge in [0.1, 0.15) is 28.6 Å². The van der Waals surface area contributed by atoms with Gasteiger partial charge in [-0.1, -0.05) is 6.07 Å². The van der Waals surface area contributed by atoms with Crippen molar-refractivity contribution in [2.24, 2.45) is 11.8 Å². The fourth-order valence-electron chi connectivity index (χ4n) is 6.12. The Morgan fingerprint density at radius 1 is 0.974 bits per heavy atom. The van der Waals surface area contributed by atoms with Crippen LogP contribution in [0.5, 0.6) is 11.5 Å². The lowest BCUT2D eigenvalue weighted by atomic mass is 9.59. The number of methoxy groups -OCH3 is 1. The van der Waals surface area contributed by atoms with Crippen LogP contribution in [0.3, 0.4) is 0 Å². The SMILES string of the molecule is COc1ccc(C(C)=O)cc1-c1ccc(O)c2c1C[C@H]1C[C@H]3CC(=O)C(C(C)=O)=C(O)[C@@]3(O)C(=O)C1=C2O. The number of carbonyl (C=O) groups excluding carboxylic acids is 4. The number of aliphatic hydroxyl groups is 3. The van der Waals surface area contributed by atoms with Gasteiger partial charge in [-0.15, -0.1) is 0 Å². The van der Waals surface area contributed by atoms with Crippen molar-refractivity contribution in [1.82, 2.24) is 0 Å². The third-order valence-corrected chi connectivity index (χ3v) is 7.95. The van der Waals surface area contributed by atoms with E-state index in [0.717, 1.165) is 6.92 Å². The van der Waals surface area contributed by atoms with Crippen molar-refractivity contribution in [2.75, 3.05) is 7.11 Å². The lowest BCUT2D eigenvalue weighted by molar-refractivity contribution is -0.147. The molecule has 9 heteroatoms. The third kappa shape index (κ3) is 3.42. The molecule has 1 fully saturated rings. The number of benzene rings is 2. The molecular formula is C29H26O9. The molecule has 0 saturated heterocycles. The average molecular weight is 519 g/mol. The summed E-state index contributed by atoms with van der Waals surface area (Å²) in [6.45, 7) is 2.49. The maximum Gasteiger partial charge on any atom is 0.202 e. The second kappa shape index (κ2) is 8.66. The fourth-order valence-corrected chi connectivity index (χ4v) is 6.12. The molecule has 1 saturated carbocycles. The van der Waals surface area contributed by atoms with Gasteiger partial charge in [0.25, 0.3) is 0 Å². The zero-order valence-corrected chi connectivity index (χ0v) is 21.0. The lowest BCUT2D eigenvalue weighted by Crippen LogP contribution is -2.57. The molecule has 0 bridgehead atoms. The van der Waals surface area contributed by atoms with Gasteiger partial charge in [-0.2, -0.15) is 0 Å². The van der Waals surface area contributed by atoms with Crippen molar-refractivity contribution >= 4 is 28.9 Å². The first-order valence-electron chi connectivity index (χ1n) is 12.1. The summed E-state index contributed by atoms with van der Waals surface area (Å²) in [5.74, 6) is -5.66. The number of aliphatic hydroxyl groups excluding tert-OH is 2. The summed E-state index contributed by atoms with van der Waals surface area (Å²) in [7, 11) is 1.48. The average Bonchev–Trinajstić information content (AvgIpc) is 2.85. The molecule has 3 aliphatic carbocycles. The number of ketones is 4. The van der Waals surface area contributed by atoms with Crippen molar-refractivity contribution in [3.63, 3.8) is 0 Å². The van der Waals surface area contributed by atoms with Crippen LogP contribution in [0.15, 0.2) is 47.2 Å². The van der Waals surface area contributed by atoms with E-state index >= 15 is 0 Å². The van der Waals surface area contributed by atoms with E-state index in [9.17, 15) is 39.6 Å². The zero-order chi connectivity index (χ0) is 27.7. The second-order valence-corrected chi connectivity index (χ2v) is 10.1. The highest BCUT2D eigenvalue weighted by molar-refractivity contribution is 6.23. The summed E-state index contributed by atoms with van der Waals surface area (Å²) in [6.07, 6.45) is -0.107. The lowest BCUT2D eigenvalue weighted by Gasteiger charge is -2.46. The van der Waals surface area contributed by atoms with Gasteiger partial charge in [0.2, 0.25) is 5.78 Å². The van der Waals surface area contributed by atoms with E-state index in [1.807, 2.05) is 0 Å². The van der Waals surface area contributed by atoms with Crippen molar-refractivity contribution in [3.8, 4) is 22.6 Å². The Kier molecular flexibility index (Phi) is 5.79. The van der Waals surface area contributed by atoms with Crippen LogP contribution in [-0.2, 0) is 20.8 Å². The molecule has 196 valence electrons. The highest BCUT2D eigenvalue weighted by atomic mass is 16.5. The minimum Gasteiger partial charge on any atom is -0.508 e. The number of hydrogen-bond acceptors (Lipinski definition) is 9. The molecule has 0 amide bonds. The van der Waals surface area contributed by atoms with Crippen molar-refractivity contribution < 1.29 is 44.3 Å². The van der Waals surface area contributed by atoms with E-state index < -0.39 is 51.9 Å². The Morgan fingerprint density at radius 3 is 2.32 bits per heavy atom. The highest BCUT2D eigenvalue weighted by Gasteiger charge is 2.60. The summed E-state index contributed by atoms with van der Waals surface area (Å²) in [5, 5.41) is 44.2. The van der Waals surface area contributed by atoms with E-state index in [-0.39, 0.29) is 41.9 Å². The number of phenolic OH excluding ortho intramolecular Hbond substituents is 1. The molecule has 0 heterocycles. The van der Waals surface area contributed by atoms with Crippen LogP contribution in [0, 0.1) is 11.8 Å². The quantitative estimate of drug-likeness (QED) is 0.351. The fraction of sp³-hybridized carbons (Fsp3) is 0.310. The molecule has 3 aliphatic rings. The number of rotatable bonds is 4. The summed E-state index contributed by atoms with van der Waals surface area (Å²) >= 11 is 0. The predicted molar refractivity (Wildman–Crippen MR) is 135 cm³/mol. The van der Waals surface area contributed by atoms with Gasteiger partial charge < -0.3 is 25.2 Å². The van der Waals surface area contributed by atoms with E-state index in [4.69, 9.17) is 4.74 Å². The number of ether oxygens (including phenoxy) is 1. The molecule has 38 heavy (non-hydrogen) atoms. The van der Waals surface area contributed by atoms with Crippen LogP contribution >= 0.6 is 0 Å². The molecule has 0 radical (unpaired) electrons. The zero-order valence-electron chi connectivity index (χ0n) is 21.0. The minimum atomic E-state index is -2.54. The number of phenols is 1. The van der Waals surface area contributed by atoms with Crippen LogP contribution in [0.4, 0.5) is 0 Å².